The lowest BCUT2D eigenvalue weighted by molar-refractivity contribution is -0.139. The Bertz CT molecular complexity index is 1120. The highest BCUT2D eigenvalue weighted by Gasteiger charge is 2.45. The molecule has 1 amide bonds. The van der Waals surface area contributed by atoms with Crippen molar-refractivity contribution in [1.82, 2.24) is 14.9 Å². The molecule has 0 bridgehead atoms. The van der Waals surface area contributed by atoms with Gasteiger partial charge in [0.15, 0.2) is 0 Å². The van der Waals surface area contributed by atoms with Gasteiger partial charge >= 0.3 is 0 Å². The van der Waals surface area contributed by atoms with E-state index in [4.69, 9.17) is 11.6 Å². The summed E-state index contributed by atoms with van der Waals surface area (Å²) in [5.74, 6) is -1.47. The molecule has 0 radical (unpaired) electrons. The normalized spacial score (nSPS) is 18.0. The summed E-state index contributed by atoms with van der Waals surface area (Å²) < 4.78 is 0. The third-order valence-electron chi connectivity index (χ3n) is 5.45. The Morgan fingerprint density at radius 1 is 1.13 bits per heavy atom. The molecule has 2 heterocycles. The highest BCUT2D eigenvalue weighted by atomic mass is 35.5. The van der Waals surface area contributed by atoms with E-state index in [0.717, 1.165) is 16.8 Å². The molecule has 1 saturated heterocycles. The molecule has 7 heteroatoms. The van der Waals surface area contributed by atoms with Crippen LogP contribution in [-0.4, -0.2) is 38.2 Å². The van der Waals surface area contributed by atoms with E-state index in [0.29, 0.717) is 30.0 Å². The van der Waals surface area contributed by atoms with Crippen molar-refractivity contribution in [3.63, 3.8) is 0 Å². The van der Waals surface area contributed by atoms with Crippen molar-refractivity contribution in [1.29, 1.82) is 0 Å². The Kier molecular flexibility index (Phi) is 5.91. The van der Waals surface area contributed by atoms with Crippen LogP contribution < -0.4 is 0 Å². The number of halogens is 1. The SMILES string of the molecule is Cc1ccc(/C(O)=C2/C(=O)C(=O)N(CCCc3cnc[nH]3)C2c2ccc(Cl)cc2)cc1. The molecule has 1 aliphatic rings. The number of rotatable bonds is 6. The van der Waals surface area contributed by atoms with E-state index < -0.39 is 17.7 Å². The fourth-order valence-corrected chi connectivity index (χ4v) is 3.96. The molecule has 1 aromatic heterocycles. The molecule has 2 aromatic carbocycles. The molecule has 3 aromatic rings. The van der Waals surface area contributed by atoms with Crippen molar-refractivity contribution in [3.05, 3.63) is 94.0 Å². The van der Waals surface area contributed by atoms with Gasteiger partial charge in [0, 0.05) is 29.0 Å². The van der Waals surface area contributed by atoms with Crippen LogP contribution in [0.2, 0.25) is 5.02 Å². The van der Waals surface area contributed by atoms with Crippen LogP contribution in [0.25, 0.3) is 5.76 Å². The van der Waals surface area contributed by atoms with Gasteiger partial charge in [-0.15, -0.1) is 0 Å². The van der Waals surface area contributed by atoms with Crippen molar-refractivity contribution < 1.29 is 14.7 Å². The van der Waals surface area contributed by atoms with Gasteiger partial charge in [-0.1, -0.05) is 53.6 Å². The number of imidazole rings is 1. The number of Topliss-reactive ketones (excluding diaryl/α,β-unsaturated/α-hetero) is 1. The van der Waals surface area contributed by atoms with E-state index in [9.17, 15) is 14.7 Å². The van der Waals surface area contributed by atoms with Crippen LogP contribution in [0, 0.1) is 6.92 Å². The van der Waals surface area contributed by atoms with Gasteiger partial charge in [0.25, 0.3) is 11.7 Å². The first kappa shape index (κ1) is 20.9. The number of ketones is 1. The number of benzene rings is 2. The Morgan fingerprint density at radius 2 is 1.84 bits per heavy atom. The van der Waals surface area contributed by atoms with Crippen molar-refractivity contribution in [2.75, 3.05) is 6.54 Å². The number of nitrogens with one attached hydrogen (secondary N) is 1. The molecule has 1 aliphatic heterocycles. The maximum absolute atomic E-state index is 13.0. The summed E-state index contributed by atoms with van der Waals surface area (Å²) in [4.78, 5) is 34.5. The first-order valence-corrected chi connectivity index (χ1v) is 10.4. The Labute approximate surface area is 185 Å². The molecule has 0 spiro atoms. The average Bonchev–Trinajstić information content (AvgIpc) is 3.37. The van der Waals surface area contributed by atoms with Gasteiger partial charge in [0.2, 0.25) is 0 Å². The van der Waals surface area contributed by atoms with Gasteiger partial charge in [-0.3, -0.25) is 9.59 Å². The van der Waals surface area contributed by atoms with E-state index in [1.165, 1.54) is 4.90 Å². The lowest BCUT2D eigenvalue weighted by atomic mass is 9.95. The first-order chi connectivity index (χ1) is 15.0. The van der Waals surface area contributed by atoms with Crippen LogP contribution in [0.1, 0.15) is 34.8 Å². The minimum atomic E-state index is -0.681. The summed E-state index contributed by atoms with van der Waals surface area (Å²) in [5, 5.41) is 11.6. The maximum Gasteiger partial charge on any atom is 0.295 e. The predicted octanol–water partition coefficient (Wildman–Crippen LogP) is 4.43. The minimum absolute atomic E-state index is 0.0951. The summed E-state index contributed by atoms with van der Waals surface area (Å²) in [5.41, 5.74) is 3.31. The second-order valence-corrected chi connectivity index (χ2v) is 8.03. The van der Waals surface area contributed by atoms with Gasteiger partial charge in [0.05, 0.1) is 17.9 Å². The zero-order valence-corrected chi connectivity index (χ0v) is 17.8. The number of aromatic nitrogens is 2. The second-order valence-electron chi connectivity index (χ2n) is 7.59. The van der Waals surface area contributed by atoms with Crippen molar-refractivity contribution in [3.8, 4) is 0 Å². The zero-order chi connectivity index (χ0) is 22.0. The monoisotopic (exact) mass is 435 g/mol. The highest BCUT2D eigenvalue weighted by molar-refractivity contribution is 6.46. The summed E-state index contributed by atoms with van der Waals surface area (Å²) in [6.45, 7) is 2.30. The van der Waals surface area contributed by atoms with Crippen LogP contribution in [0.3, 0.4) is 0 Å². The molecule has 0 aliphatic carbocycles. The number of carbonyl (C=O) groups excluding carboxylic acids is 2. The molecular weight excluding hydrogens is 414 g/mol. The zero-order valence-electron chi connectivity index (χ0n) is 17.0. The molecular formula is C24H22ClN3O3. The minimum Gasteiger partial charge on any atom is -0.507 e. The molecule has 1 unspecified atom stereocenters. The number of nitrogens with zero attached hydrogens (tertiary/aromatic N) is 2. The third kappa shape index (κ3) is 4.25. The number of aryl methyl sites for hydroxylation is 2. The summed E-state index contributed by atoms with van der Waals surface area (Å²) in [6.07, 6.45) is 4.68. The van der Waals surface area contributed by atoms with Crippen molar-refractivity contribution >= 4 is 29.1 Å². The van der Waals surface area contributed by atoms with Crippen LogP contribution in [-0.2, 0) is 16.0 Å². The standard InChI is InChI=1S/C24H22ClN3O3/c1-15-4-6-17(7-5-15)22(29)20-21(16-8-10-18(25)11-9-16)28(24(31)23(20)30)12-2-3-19-13-26-14-27-19/h4-11,13-14,21,29H,2-3,12H2,1H3,(H,26,27)/b22-20-. The number of carbonyl (C=O) groups is 2. The van der Waals surface area contributed by atoms with E-state index in [1.807, 2.05) is 19.1 Å². The number of H-pyrrole nitrogens is 1. The number of aromatic amines is 1. The largest absolute Gasteiger partial charge is 0.507 e. The topological polar surface area (TPSA) is 86.3 Å². The molecule has 158 valence electrons. The fraction of sp³-hybridized carbons (Fsp3) is 0.208. The maximum atomic E-state index is 13.0. The van der Waals surface area contributed by atoms with Gasteiger partial charge in [-0.05, 0) is 37.5 Å². The first-order valence-electron chi connectivity index (χ1n) is 10.0. The van der Waals surface area contributed by atoms with Crippen LogP contribution >= 0.6 is 11.6 Å². The summed E-state index contributed by atoms with van der Waals surface area (Å²) in [6, 6.07) is 13.5. The smallest absolute Gasteiger partial charge is 0.295 e. The molecule has 4 rings (SSSR count). The third-order valence-corrected chi connectivity index (χ3v) is 5.70. The Hall–Kier alpha value is -3.38. The van der Waals surface area contributed by atoms with Crippen LogP contribution in [0.15, 0.2) is 66.6 Å². The van der Waals surface area contributed by atoms with Crippen LogP contribution in [0.4, 0.5) is 0 Å². The van der Waals surface area contributed by atoms with Gasteiger partial charge in [0.1, 0.15) is 5.76 Å². The number of hydrogen-bond donors (Lipinski definition) is 2. The van der Waals surface area contributed by atoms with Crippen molar-refractivity contribution in [2.24, 2.45) is 0 Å². The summed E-state index contributed by atoms with van der Waals surface area (Å²) >= 11 is 6.04. The lowest BCUT2D eigenvalue weighted by Crippen LogP contribution is -2.31. The number of hydrogen-bond acceptors (Lipinski definition) is 4. The molecule has 31 heavy (non-hydrogen) atoms. The Morgan fingerprint density at radius 3 is 2.48 bits per heavy atom. The molecule has 0 saturated carbocycles. The number of aliphatic hydroxyl groups is 1. The van der Waals surface area contributed by atoms with Gasteiger partial charge in [-0.25, -0.2) is 4.98 Å². The number of amides is 1. The quantitative estimate of drug-likeness (QED) is 0.341. The van der Waals surface area contributed by atoms with E-state index in [-0.39, 0.29) is 11.3 Å². The fourth-order valence-electron chi connectivity index (χ4n) is 3.83. The Balaban J connectivity index is 1.72. The average molecular weight is 436 g/mol. The van der Waals surface area contributed by atoms with E-state index >= 15 is 0 Å². The second kappa shape index (κ2) is 8.78. The number of likely N-dealkylation sites (tertiary alicyclic amines) is 1. The van der Waals surface area contributed by atoms with Crippen LogP contribution in [0.5, 0.6) is 0 Å². The molecule has 2 N–H and O–H groups in total. The summed E-state index contributed by atoms with van der Waals surface area (Å²) in [7, 11) is 0. The number of aliphatic hydroxyl groups excluding tert-OH is 1. The van der Waals surface area contributed by atoms with E-state index in [1.54, 1.807) is 48.9 Å². The van der Waals surface area contributed by atoms with E-state index in [2.05, 4.69) is 9.97 Å². The molecule has 1 fully saturated rings. The van der Waals surface area contributed by atoms with Gasteiger partial charge in [-0.2, -0.15) is 0 Å². The van der Waals surface area contributed by atoms with Crippen molar-refractivity contribution in [2.45, 2.75) is 25.8 Å². The predicted molar refractivity (Wildman–Crippen MR) is 119 cm³/mol. The highest BCUT2D eigenvalue weighted by Crippen LogP contribution is 2.39. The lowest BCUT2D eigenvalue weighted by Gasteiger charge is -2.25. The molecule has 6 nitrogen and oxygen atoms in total. The molecule has 1 atom stereocenters. The van der Waals surface area contributed by atoms with Gasteiger partial charge < -0.3 is 15.0 Å².